The van der Waals surface area contributed by atoms with Crippen molar-refractivity contribution in [2.75, 3.05) is 18.3 Å². The zero-order chi connectivity index (χ0) is 24.6. The number of aromatic nitrogens is 3. The molecule has 5 N–H and O–H groups in total. The molecule has 3 aromatic rings. The average Bonchev–Trinajstić information content (AvgIpc) is 3.29. The van der Waals surface area contributed by atoms with Crippen molar-refractivity contribution in [1.82, 2.24) is 14.8 Å². The fraction of sp³-hybridized carbons (Fsp3) is 0.400. The van der Waals surface area contributed by atoms with Crippen LogP contribution in [0.25, 0.3) is 11.0 Å². The number of benzene rings is 1. The molecule has 1 aliphatic heterocycles. The summed E-state index contributed by atoms with van der Waals surface area (Å²) in [6.45, 7) is 1.49. The van der Waals surface area contributed by atoms with Crippen molar-refractivity contribution in [1.29, 1.82) is 0 Å². The molecule has 11 nitrogen and oxygen atoms in total. The molecule has 4 rings (SSSR count). The first-order valence-electron chi connectivity index (χ1n) is 10.2. The van der Waals surface area contributed by atoms with E-state index in [1.54, 1.807) is 18.2 Å². The van der Waals surface area contributed by atoms with E-state index >= 15 is 0 Å². The first-order chi connectivity index (χ1) is 16.0. The third-order valence-corrected chi connectivity index (χ3v) is 6.09. The summed E-state index contributed by atoms with van der Waals surface area (Å²) in [5, 5.41) is 29.0. The van der Waals surface area contributed by atoms with Gasteiger partial charge in [0.1, 0.15) is 35.6 Å². The van der Waals surface area contributed by atoms with Gasteiger partial charge in [-0.1, -0.05) is 23.7 Å². The van der Waals surface area contributed by atoms with E-state index in [-0.39, 0.29) is 29.3 Å². The highest BCUT2D eigenvalue weighted by Crippen LogP contribution is 2.37. The molecule has 184 valence electrons. The minimum Gasteiger partial charge on any atom is -0.387 e. The molecule has 1 saturated heterocycles. The standard InChI is InChI=1S/C20H23ClFN4O7P/c1-10(11-3-2-4-12(22)5-11)24-14-6-16(21)25-19-13(14)7-23-26(19)20-18(28)17(27)15(33-20)8-32-9-34(29,30)31/h2-7,10,15,17-18,20,27-28H,8-9H2,1H3,(H,24,25)(H2,29,30,31)/t10?,15-,17-,18-,20-/m1/s1. The number of aliphatic hydroxyl groups excluding tert-OH is 2. The highest BCUT2D eigenvalue weighted by molar-refractivity contribution is 7.51. The molecule has 1 aromatic carbocycles. The molecule has 0 spiro atoms. The number of ether oxygens (including phenoxy) is 2. The van der Waals surface area contributed by atoms with E-state index in [9.17, 15) is 19.2 Å². The molecule has 34 heavy (non-hydrogen) atoms. The van der Waals surface area contributed by atoms with E-state index in [1.165, 1.54) is 23.0 Å². The van der Waals surface area contributed by atoms with E-state index in [4.69, 9.17) is 30.9 Å². The maximum atomic E-state index is 13.6. The van der Waals surface area contributed by atoms with E-state index in [1.807, 2.05) is 6.92 Å². The van der Waals surface area contributed by atoms with Crippen LogP contribution in [0.1, 0.15) is 24.8 Å². The Kier molecular flexibility index (Phi) is 7.22. The van der Waals surface area contributed by atoms with Gasteiger partial charge in [0.05, 0.1) is 23.9 Å². The Morgan fingerprint density at radius 2 is 2.09 bits per heavy atom. The number of hydrogen-bond acceptors (Lipinski definition) is 8. The fourth-order valence-corrected chi connectivity index (χ4v) is 4.27. The van der Waals surface area contributed by atoms with Gasteiger partial charge in [0, 0.05) is 6.04 Å². The third kappa shape index (κ3) is 5.40. The van der Waals surface area contributed by atoms with Gasteiger partial charge in [0.15, 0.2) is 11.9 Å². The van der Waals surface area contributed by atoms with Crippen molar-refractivity contribution in [3.63, 3.8) is 0 Å². The Balaban J connectivity index is 1.57. The molecule has 3 heterocycles. The zero-order valence-electron chi connectivity index (χ0n) is 17.8. The van der Waals surface area contributed by atoms with Crippen molar-refractivity contribution in [2.45, 2.75) is 37.5 Å². The van der Waals surface area contributed by atoms with Gasteiger partial charge < -0.3 is 34.8 Å². The number of halogens is 2. The van der Waals surface area contributed by atoms with Gasteiger partial charge in [-0.15, -0.1) is 0 Å². The second kappa shape index (κ2) is 9.84. The molecule has 0 radical (unpaired) electrons. The van der Waals surface area contributed by atoms with Gasteiger partial charge in [0.25, 0.3) is 0 Å². The summed E-state index contributed by atoms with van der Waals surface area (Å²) >= 11 is 6.22. The molecule has 5 atom stereocenters. The van der Waals surface area contributed by atoms with Gasteiger partial charge in [-0.25, -0.2) is 14.1 Å². The Hall–Kier alpha value is -2.15. The Morgan fingerprint density at radius 1 is 1.32 bits per heavy atom. The van der Waals surface area contributed by atoms with Gasteiger partial charge in [-0.2, -0.15) is 5.10 Å². The van der Waals surface area contributed by atoms with Crippen LogP contribution in [0.2, 0.25) is 5.15 Å². The minimum absolute atomic E-state index is 0.123. The van der Waals surface area contributed by atoms with E-state index in [0.29, 0.717) is 16.6 Å². The number of aliphatic hydroxyl groups is 2. The second-order valence-electron chi connectivity index (χ2n) is 7.95. The molecule has 0 saturated carbocycles. The lowest BCUT2D eigenvalue weighted by molar-refractivity contribution is -0.0658. The molecular formula is C20H23ClFN4O7P. The van der Waals surface area contributed by atoms with Crippen LogP contribution in [0.5, 0.6) is 0 Å². The molecule has 1 unspecified atom stereocenters. The van der Waals surface area contributed by atoms with Crippen molar-refractivity contribution >= 4 is 35.9 Å². The SMILES string of the molecule is CC(Nc1cc(Cl)nc2c1cnn2[C@@H]1O[C@H](COCP(=O)(O)O)[C@@H](O)[C@H]1O)c1cccc(F)c1. The largest absolute Gasteiger partial charge is 0.387 e. The summed E-state index contributed by atoms with van der Waals surface area (Å²) in [5.74, 6) is -0.359. The second-order valence-corrected chi connectivity index (χ2v) is 9.93. The van der Waals surface area contributed by atoms with Crippen LogP contribution in [0.3, 0.4) is 0 Å². The van der Waals surface area contributed by atoms with Crippen LogP contribution in [-0.2, 0) is 14.0 Å². The summed E-state index contributed by atoms with van der Waals surface area (Å²) in [5.41, 5.74) is 1.53. The minimum atomic E-state index is -4.39. The summed E-state index contributed by atoms with van der Waals surface area (Å²) in [7, 11) is -4.39. The molecule has 0 amide bonds. The lowest BCUT2D eigenvalue weighted by Gasteiger charge is -2.18. The number of rotatable bonds is 8. The van der Waals surface area contributed by atoms with Crippen molar-refractivity contribution in [3.05, 3.63) is 53.1 Å². The van der Waals surface area contributed by atoms with Crippen LogP contribution in [-0.4, -0.2) is 66.0 Å². The quantitative estimate of drug-likeness (QED) is 0.222. The lowest BCUT2D eigenvalue weighted by Crippen LogP contribution is -2.34. The molecule has 2 aromatic heterocycles. The van der Waals surface area contributed by atoms with Crippen molar-refractivity contribution < 1.29 is 38.4 Å². The number of nitrogens with one attached hydrogen (secondary N) is 1. The summed E-state index contributed by atoms with van der Waals surface area (Å²) in [4.78, 5) is 22.1. The third-order valence-electron chi connectivity index (χ3n) is 5.38. The maximum Gasteiger partial charge on any atom is 0.350 e. The summed E-state index contributed by atoms with van der Waals surface area (Å²) < 4.78 is 36.4. The number of pyridine rings is 1. The van der Waals surface area contributed by atoms with Gasteiger partial charge in [-0.05, 0) is 30.7 Å². The van der Waals surface area contributed by atoms with E-state index < -0.39 is 38.5 Å². The predicted octanol–water partition coefficient (Wildman–Crippen LogP) is 2.17. The molecule has 14 heteroatoms. The van der Waals surface area contributed by atoms with Crippen molar-refractivity contribution in [3.8, 4) is 0 Å². The number of fused-ring (bicyclic) bond motifs is 1. The van der Waals surface area contributed by atoms with Crippen LogP contribution in [0.4, 0.5) is 10.1 Å². The van der Waals surface area contributed by atoms with Gasteiger partial charge in [0.2, 0.25) is 0 Å². The average molecular weight is 517 g/mol. The number of hydrogen-bond donors (Lipinski definition) is 5. The first-order valence-corrected chi connectivity index (χ1v) is 12.4. The highest BCUT2D eigenvalue weighted by atomic mass is 35.5. The number of nitrogens with zero attached hydrogens (tertiary/aromatic N) is 3. The zero-order valence-corrected chi connectivity index (χ0v) is 19.5. The fourth-order valence-electron chi connectivity index (χ4n) is 3.74. The van der Waals surface area contributed by atoms with Gasteiger partial charge >= 0.3 is 7.60 Å². The number of anilines is 1. The predicted molar refractivity (Wildman–Crippen MR) is 120 cm³/mol. The van der Waals surface area contributed by atoms with Crippen LogP contribution in [0.15, 0.2) is 36.5 Å². The Labute approximate surface area is 198 Å². The van der Waals surface area contributed by atoms with Crippen LogP contribution < -0.4 is 5.32 Å². The monoisotopic (exact) mass is 516 g/mol. The molecule has 0 aliphatic carbocycles. The summed E-state index contributed by atoms with van der Waals surface area (Å²) in [6.07, 6.45) is -4.40. The highest BCUT2D eigenvalue weighted by Gasteiger charge is 2.45. The topological polar surface area (TPSA) is 159 Å². The Bertz CT molecular complexity index is 1220. The molecular weight excluding hydrogens is 494 g/mol. The van der Waals surface area contributed by atoms with Gasteiger partial charge in [-0.3, -0.25) is 4.57 Å². The smallest absolute Gasteiger partial charge is 0.350 e. The molecule has 1 fully saturated rings. The molecule has 0 bridgehead atoms. The van der Waals surface area contributed by atoms with E-state index in [2.05, 4.69) is 15.4 Å². The first kappa shape index (κ1) is 25.0. The van der Waals surface area contributed by atoms with E-state index in [0.717, 1.165) is 0 Å². The van der Waals surface area contributed by atoms with Crippen molar-refractivity contribution in [2.24, 2.45) is 0 Å². The lowest BCUT2D eigenvalue weighted by atomic mass is 10.1. The maximum absolute atomic E-state index is 13.6. The van der Waals surface area contributed by atoms with Crippen LogP contribution in [0, 0.1) is 5.82 Å². The summed E-state index contributed by atoms with van der Waals surface area (Å²) in [6, 6.07) is 7.47. The Morgan fingerprint density at radius 3 is 2.79 bits per heavy atom. The normalized spacial score (nSPS) is 24.0. The van der Waals surface area contributed by atoms with Crippen LogP contribution >= 0.6 is 19.2 Å². The molecule has 1 aliphatic rings.